The fourth-order valence-electron chi connectivity index (χ4n) is 7.02. The highest BCUT2D eigenvalue weighted by molar-refractivity contribution is 6.23. The van der Waals surface area contributed by atoms with Gasteiger partial charge >= 0.3 is 0 Å². The van der Waals surface area contributed by atoms with Crippen molar-refractivity contribution in [2.45, 2.75) is 0 Å². The van der Waals surface area contributed by atoms with Crippen LogP contribution in [0.1, 0.15) is 5.56 Å². The topological polar surface area (TPSA) is 49.6 Å². The highest BCUT2D eigenvalue weighted by Crippen LogP contribution is 2.52. The lowest BCUT2D eigenvalue weighted by molar-refractivity contribution is 1.19. The molecule has 0 saturated carbocycles. The molecule has 0 spiro atoms. The van der Waals surface area contributed by atoms with E-state index in [4.69, 9.17) is 9.97 Å². The number of hydrogen-bond donors (Lipinski definition) is 0. The van der Waals surface area contributed by atoms with Crippen LogP contribution in [0.4, 0.5) is 0 Å². The number of nitrogens with zero attached hydrogens (tertiary/aromatic N) is 3. The van der Waals surface area contributed by atoms with Gasteiger partial charge in [-0.25, -0.2) is 9.97 Å². The molecule has 1 aliphatic carbocycles. The van der Waals surface area contributed by atoms with E-state index in [1.165, 1.54) is 27.6 Å². The number of aromatic nitrogens is 2. The molecule has 0 atom stereocenters. The lowest BCUT2D eigenvalue weighted by atomic mass is 9.88. The fraction of sp³-hybridized carbons (Fsp3) is 0. The molecular weight excluding hydrogens is 558 g/mol. The molecule has 1 aliphatic rings. The predicted molar refractivity (Wildman–Crippen MR) is 188 cm³/mol. The van der Waals surface area contributed by atoms with E-state index in [0.717, 1.165) is 55.4 Å². The van der Waals surface area contributed by atoms with Gasteiger partial charge in [0.05, 0.1) is 23.0 Å². The third kappa shape index (κ3) is 3.98. The van der Waals surface area contributed by atoms with Gasteiger partial charge in [0, 0.05) is 27.5 Å². The van der Waals surface area contributed by atoms with Gasteiger partial charge in [0.2, 0.25) is 0 Å². The van der Waals surface area contributed by atoms with E-state index in [0.29, 0.717) is 11.4 Å². The molecule has 0 radical (unpaired) electrons. The van der Waals surface area contributed by atoms with Crippen LogP contribution >= 0.6 is 0 Å². The summed E-state index contributed by atoms with van der Waals surface area (Å²) in [4.78, 5) is 10.5. The highest BCUT2D eigenvalue weighted by Gasteiger charge is 2.26. The molecule has 0 aliphatic heterocycles. The largest absolute Gasteiger partial charge is 0.228 e. The first-order valence-corrected chi connectivity index (χ1v) is 15.4. The number of benzene rings is 7. The Hall–Kier alpha value is -6.37. The second kappa shape index (κ2) is 10.4. The second-order valence-corrected chi connectivity index (χ2v) is 11.6. The summed E-state index contributed by atoms with van der Waals surface area (Å²) in [7, 11) is 0. The number of hydrogen-bond acceptors (Lipinski definition) is 3. The first kappa shape index (κ1) is 26.1. The van der Waals surface area contributed by atoms with Crippen molar-refractivity contribution in [1.82, 2.24) is 9.97 Å². The van der Waals surface area contributed by atoms with E-state index in [2.05, 4.69) is 97.1 Å². The summed E-state index contributed by atoms with van der Waals surface area (Å²) in [6.07, 6.45) is 0. The van der Waals surface area contributed by atoms with Crippen molar-refractivity contribution in [2.75, 3.05) is 0 Å². The molecular formula is C43H25N3. The SMILES string of the molecule is N#Cc1ccc(-c2ccc3c4c(ccc(-c5nc(-c6ccccc6)cc(-c6ccccc6)n5)c24)-c2ccccc2-3)c2ccccc12. The summed E-state index contributed by atoms with van der Waals surface area (Å²) in [6, 6.07) is 54.9. The average Bonchev–Trinajstić information content (AvgIpc) is 3.46. The minimum Gasteiger partial charge on any atom is -0.228 e. The van der Waals surface area contributed by atoms with Crippen LogP contribution in [0, 0.1) is 11.3 Å². The molecule has 46 heavy (non-hydrogen) atoms. The minimum absolute atomic E-state index is 0.671. The van der Waals surface area contributed by atoms with Crippen LogP contribution in [-0.2, 0) is 0 Å². The molecule has 0 N–H and O–H groups in total. The lowest BCUT2D eigenvalue weighted by Gasteiger charge is -2.17. The molecule has 212 valence electrons. The zero-order chi connectivity index (χ0) is 30.6. The van der Waals surface area contributed by atoms with Crippen LogP contribution in [0.5, 0.6) is 0 Å². The van der Waals surface area contributed by atoms with E-state index >= 15 is 0 Å². The molecule has 8 aromatic rings. The van der Waals surface area contributed by atoms with Gasteiger partial charge in [0.25, 0.3) is 0 Å². The summed E-state index contributed by atoms with van der Waals surface area (Å²) >= 11 is 0. The van der Waals surface area contributed by atoms with Crippen molar-refractivity contribution in [3.8, 4) is 73.4 Å². The molecule has 7 aromatic carbocycles. The maximum atomic E-state index is 9.92. The van der Waals surface area contributed by atoms with E-state index in [1.807, 2.05) is 60.7 Å². The summed E-state index contributed by atoms with van der Waals surface area (Å²) in [6.45, 7) is 0. The van der Waals surface area contributed by atoms with Crippen molar-refractivity contribution >= 4 is 21.5 Å². The summed E-state index contributed by atoms with van der Waals surface area (Å²) < 4.78 is 0. The Kier molecular flexibility index (Phi) is 5.88. The second-order valence-electron chi connectivity index (χ2n) is 11.6. The Bertz CT molecular complexity index is 2440. The van der Waals surface area contributed by atoms with E-state index in [-0.39, 0.29) is 0 Å². The van der Waals surface area contributed by atoms with Gasteiger partial charge in [-0.1, -0.05) is 133 Å². The predicted octanol–water partition coefficient (Wildman–Crippen LogP) is 11.0. The van der Waals surface area contributed by atoms with Gasteiger partial charge in [-0.2, -0.15) is 5.26 Å². The fourth-order valence-corrected chi connectivity index (χ4v) is 7.02. The molecule has 3 nitrogen and oxygen atoms in total. The van der Waals surface area contributed by atoms with Crippen LogP contribution in [0.2, 0.25) is 0 Å². The maximum Gasteiger partial charge on any atom is 0.161 e. The molecule has 9 rings (SSSR count). The standard InChI is InChI=1S/C43H25N3/c44-26-29-19-20-34(31-16-8-7-15-30(29)31)37-22-21-35-32-17-9-10-18-33(32)36-23-24-38(42(37)41(35)36)43-45-39(27-11-3-1-4-12-27)25-40(46-43)28-13-5-2-6-14-28/h1-25H. The van der Waals surface area contributed by atoms with Crippen LogP contribution < -0.4 is 0 Å². The van der Waals surface area contributed by atoms with Gasteiger partial charge in [0.1, 0.15) is 0 Å². The highest BCUT2D eigenvalue weighted by atomic mass is 14.9. The zero-order valence-corrected chi connectivity index (χ0v) is 24.8. The summed E-state index contributed by atoms with van der Waals surface area (Å²) in [5.41, 5.74) is 12.6. The molecule has 0 bridgehead atoms. The molecule has 0 amide bonds. The Morgan fingerprint density at radius 1 is 0.391 bits per heavy atom. The van der Waals surface area contributed by atoms with Gasteiger partial charge in [0.15, 0.2) is 5.82 Å². The number of rotatable bonds is 4. The molecule has 3 heteroatoms. The first-order valence-electron chi connectivity index (χ1n) is 15.4. The Morgan fingerprint density at radius 2 is 0.848 bits per heavy atom. The minimum atomic E-state index is 0.671. The molecule has 0 fully saturated rings. The third-order valence-electron chi connectivity index (χ3n) is 9.11. The quantitative estimate of drug-likeness (QED) is 0.207. The maximum absolute atomic E-state index is 9.92. The number of nitriles is 1. The molecule has 0 saturated heterocycles. The van der Waals surface area contributed by atoms with Gasteiger partial charge < -0.3 is 0 Å². The smallest absolute Gasteiger partial charge is 0.161 e. The Balaban J connectivity index is 1.40. The zero-order valence-electron chi connectivity index (χ0n) is 24.8. The average molecular weight is 584 g/mol. The van der Waals surface area contributed by atoms with E-state index < -0.39 is 0 Å². The summed E-state index contributed by atoms with van der Waals surface area (Å²) in [5, 5.41) is 14.2. The van der Waals surface area contributed by atoms with Gasteiger partial charge in [-0.3, -0.25) is 0 Å². The first-order chi connectivity index (χ1) is 22.8. The van der Waals surface area contributed by atoms with Crippen molar-refractivity contribution in [3.63, 3.8) is 0 Å². The summed E-state index contributed by atoms with van der Waals surface area (Å²) in [5.74, 6) is 0.680. The monoisotopic (exact) mass is 583 g/mol. The van der Waals surface area contributed by atoms with Crippen molar-refractivity contribution in [2.24, 2.45) is 0 Å². The Labute approximate surface area is 266 Å². The van der Waals surface area contributed by atoms with Crippen molar-refractivity contribution in [1.29, 1.82) is 5.26 Å². The van der Waals surface area contributed by atoms with Gasteiger partial charge in [-0.05, 0) is 62.4 Å². The third-order valence-corrected chi connectivity index (χ3v) is 9.11. The lowest BCUT2D eigenvalue weighted by Crippen LogP contribution is -1.98. The number of fused-ring (bicyclic) bond motifs is 4. The van der Waals surface area contributed by atoms with Crippen LogP contribution in [0.3, 0.4) is 0 Å². The normalized spacial score (nSPS) is 11.5. The Morgan fingerprint density at radius 3 is 1.43 bits per heavy atom. The van der Waals surface area contributed by atoms with Crippen molar-refractivity contribution < 1.29 is 0 Å². The van der Waals surface area contributed by atoms with E-state index in [1.54, 1.807) is 0 Å². The molecule has 1 aromatic heterocycles. The van der Waals surface area contributed by atoms with Crippen LogP contribution in [0.15, 0.2) is 152 Å². The van der Waals surface area contributed by atoms with E-state index in [9.17, 15) is 5.26 Å². The van der Waals surface area contributed by atoms with Crippen LogP contribution in [-0.4, -0.2) is 9.97 Å². The molecule has 0 unspecified atom stereocenters. The van der Waals surface area contributed by atoms with Crippen LogP contribution in [0.25, 0.3) is 88.8 Å². The van der Waals surface area contributed by atoms with Crippen molar-refractivity contribution in [3.05, 3.63) is 157 Å². The van der Waals surface area contributed by atoms with Gasteiger partial charge in [-0.15, -0.1) is 0 Å². The molecule has 1 heterocycles.